The number of rotatable bonds is 7. The smallest absolute Gasteiger partial charge is 0.289 e. The van der Waals surface area contributed by atoms with Gasteiger partial charge in [-0.25, -0.2) is 0 Å². The van der Waals surface area contributed by atoms with Crippen LogP contribution in [-0.4, -0.2) is 28.6 Å². The van der Waals surface area contributed by atoms with Crippen LogP contribution in [0.1, 0.15) is 13.3 Å². The zero-order valence-electron chi connectivity index (χ0n) is 12.2. The predicted molar refractivity (Wildman–Crippen MR) is 84.7 cm³/mol. The molecule has 0 aliphatic heterocycles. The van der Waals surface area contributed by atoms with E-state index in [9.17, 15) is 14.9 Å². The molecule has 0 bridgehead atoms. The van der Waals surface area contributed by atoms with Gasteiger partial charge in [0, 0.05) is 24.0 Å². The third-order valence-electron chi connectivity index (χ3n) is 2.94. The van der Waals surface area contributed by atoms with E-state index in [0.29, 0.717) is 6.42 Å². The van der Waals surface area contributed by atoms with Crippen molar-refractivity contribution in [3.05, 3.63) is 45.1 Å². The highest BCUT2D eigenvalue weighted by Crippen LogP contribution is 2.27. The molecule has 1 aromatic carbocycles. The second-order valence-corrected chi connectivity index (χ2v) is 4.91. The van der Waals surface area contributed by atoms with Crippen molar-refractivity contribution < 1.29 is 14.8 Å². The van der Waals surface area contributed by atoms with Crippen molar-refractivity contribution in [1.82, 2.24) is 5.32 Å². The molecule has 0 saturated carbocycles. The van der Waals surface area contributed by atoms with E-state index < -0.39 is 10.8 Å². The second kappa shape index (κ2) is 8.73. The Balaban J connectivity index is 2.89. The number of anilines is 1. The van der Waals surface area contributed by atoms with Gasteiger partial charge < -0.3 is 15.7 Å². The molecule has 0 spiro atoms. The first-order valence-corrected chi connectivity index (χ1v) is 7.03. The van der Waals surface area contributed by atoms with Gasteiger partial charge >= 0.3 is 0 Å². The maximum atomic E-state index is 12.0. The quantitative estimate of drug-likeness (QED) is 0.301. The highest BCUT2D eigenvalue weighted by molar-refractivity contribution is 6.32. The first-order valence-electron chi connectivity index (χ1n) is 6.65. The lowest BCUT2D eigenvalue weighted by molar-refractivity contribution is -0.384. The Kier molecular flexibility index (Phi) is 6.99. The molecule has 1 aromatic rings. The van der Waals surface area contributed by atoms with Crippen LogP contribution in [-0.2, 0) is 4.79 Å². The number of aliphatic hydroxyl groups is 1. The largest absolute Gasteiger partial charge is 0.394 e. The summed E-state index contributed by atoms with van der Waals surface area (Å²) in [6.07, 6.45) is 1.81. The maximum Gasteiger partial charge on any atom is 0.289 e. The summed E-state index contributed by atoms with van der Waals surface area (Å²) in [7, 11) is 0. The number of nitriles is 1. The van der Waals surface area contributed by atoms with Gasteiger partial charge in [-0.3, -0.25) is 14.9 Å². The molecule has 1 unspecified atom stereocenters. The Bertz CT molecular complexity index is 665. The minimum absolute atomic E-state index is 0.0561. The van der Waals surface area contributed by atoms with E-state index in [2.05, 4.69) is 10.6 Å². The topological polar surface area (TPSA) is 128 Å². The molecule has 8 nitrogen and oxygen atoms in total. The van der Waals surface area contributed by atoms with Gasteiger partial charge in [0.05, 0.1) is 11.5 Å². The fraction of sp³-hybridized carbons (Fsp3) is 0.286. The molecule has 0 aliphatic carbocycles. The van der Waals surface area contributed by atoms with Crippen molar-refractivity contribution in [1.29, 1.82) is 5.26 Å². The van der Waals surface area contributed by atoms with E-state index in [0.717, 1.165) is 6.07 Å². The van der Waals surface area contributed by atoms with Gasteiger partial charge in [0.15, 0.2) is 0 Å². The zero-order chi connectivity index (χ0) is 17.4. The normalized spacial score (nSPS) is 12.2. The van der Waals surface area contributed by atoms with Crippen LogP contribution in [0.5, 0.6) is 0 Å². The molecule has 0 heterocycles. The van der Waals surface area contributed by atoms with Crippen molar-refractivity contribution in [2.45, 2.75) is 19.4 Å². The summed E-state index contributed by atoms with van der Waals surface area (Å²) in [4.78, 5) is 22.1. The number of hydrogen-bond donors (Lipinski definition) is 3. The molecule has 3 N–H and O–H groups in total. The summed E-state index contributed by atoms with van der Waals surface area (Å²) in [6.45, 7) is 1.69. The molecule has 0 fully saturated rings. The number of aliphatic hydroxyl groups excluding tert-OH is 1. The van der Waals surface area contributed by atoms with Crippen LogP contribution in [0.25, 0.3) is 0 Å². The van der Waals surface area contributed by atoms with Crippen molar-refractivity contribution in [3.63, 3.8) is 0 Å². The van der Waals surface area contributed by atoms with E-state index in [-0.39, 0.29) is 34.6 Å². The lowest BCUT2D eigenvalue weighted by atomic mass is 10.2. The van der Waals surface area contributed by atoms with Crippen LogP contribution in [0.2, 0.25) is 5.02 Å². The van der Waals surface area contributed by atoms with Crippen molar-refractivity contribution in [2.24, 2.45) is 0 Å². The number of halogens is 1. The van der Waals surface area contributed by atoms with Crippen LogP contribution in [0.3, 0.4) is 0 Å². The van der Waals surface area contributed by atoms with Crippen LogP contribution >= 0.6 is 11.6 Å². The maximum absolute atomic E-state index is 12.0. The molecule has 0 aliphatic rings. The molecular formula is C14H15ClN4O4. The van der Waals surface area contributed by atoms with Crippen molar-refractivity contribution >= 4 is 28.9 Å². The number of benzene rings is 1. The lowest BCUT2D eigenvalue weighted by Crippen LogP contribution is -2.28. The average Bonchev–Trinajstić information content (AvgIpc) is 2.53. The number of nitro groups is 1. The highest BCUT2D eigenvalue weighted by atomic mass is 35.5. The molecule has 0 radical (unpaired) electrons. The van der Waals surface area contributed by atoms with E-state index in [1.54, 1.807) is 6.07 Å². The minimum atomic E-state index is -0.732. The van der Waals surface area contributed by atoms with E-state index in [1.807, 2.05) is 6.92 Å². The molecule has 0 aromatic heterocycles. The Morgan fingerprint density at radius 3 is 2.83 bits per heavy atom. The number of nitrogens with zero attached hydrogens (tertiary/aromatic N) is 2. The van der Waals surface area contributed by atoms with E-state index in [1.165, 1.54) is 18.3 Å². The summed E-state index contributed by atoms with van der Waals surface area (Å²) >= 11 is 5.68. The third-order valence-corrected chi connectivity index (χ3v) is 3.26. The summed E-state index contributed by atoms with van der Waals surface area (Å²) in [6, 6.07) is 5.21. The number of nitrogens with one attached hydrogen (secondary N) is 2. The van der Waals surface area contributed by atoms with Gasteiger partial charge in [0.2, 0.25) is 0 Å². The van der Waals surface area contributed by atoms with Crippen LogP contribution in [0, 0.1) is 21.4 Å². The van der Waals surface area contributed by atoms with Gasteiger partial charge in [0.25, 0.3) is 11.6 Å². The summed E-state index contributed by atoms with van der Waals surface area (Å²) in [5.41, 5.74) is -0.438. The molecular weight excluding hydrogens is 324 g/mol. The van der Waals surface area contributed by atoms with Crippen LogP contribution < -0.4 is 10.6 Å². The average molecular weight is 339 g/mol. The summed E-state index contributed by atoms with van der Waals surface area (Å²) in [5.74, 6) is -0.732. The summed E-state index contributed by atoms with van der Waals surface area (Å²) < 4.78 is 0. The van der Waals surface area contributed by atoms with Crippen LogP contribution in [0.15, 0.2) is 30.0 Å². The van der Waals surface area contributed by atoms with E-state index in [4.69, 9.17) is 22.0 Å². The molecule has 9 heteroatoms. The molecule has 1 rings (SSSR count). The Hall–Kier alpha value is -2.63. The van der Waals surface area contributed by atoms with Crippen LogP contribution in [0.4, 0.5) is 11.4 Å². The third kappa shape index (κ3) is 5.25. The number of carbonyl (C=O) groups is 1. The first kappa shape index (κ1) is 18.4. The highest BCUT2D eigenvalue weighted by Gasteiger charge is 2.15. The van der Waals surface area contributed by atoms with Gasteiger partial charge in [0.1, 0.15) is 16.7 Å². The fourth-order valence-corrected chi connectivity index (χ4v) is 1.76. The number of carbonyl (C=O) groups excluding carboxylic acids is 1. The van der Waals surface area contributed by atoms with Gasteiger partial charge in [-0.2, -0.15) is 5.26 Å². The molecule has 1 amide bonds. The summed E-state index contributed by atoms with van der Waals surface area (Å²) in [5, 5.41) is 33.9. The monoisotopic (exact) mass is 338 g/mol. The Labute approximate surface area is 137 Å². The Morgan fingerprint density at radius 1 is 1.61 bits per heavy atom. The Morgan fingerprint density at radius 2 is 2.30 bits per heavy atom. The van der Waals surface area contributed by atoms with Gasteiger partial charge in [-0.05, 0) is 18.6 Å². The molecule has 0 saturated heterocycles. The molecule has 1 atom stereocenters. The SMILES string of the molecule is CCC(CO)N/C=C(/C#N)C(=O)Nc1ccc(Cl)c([N+](=O)[O-])c1. The van der Waals surface area contributed by atoms with E-state index >= 15 is 0 Å². The second-order valence-electron chi connectivity index (χ2n) is 4.50. The number of nitro benzene ring substituents is 1. The fourth-order valence-electron chi connectivity index (χ4n) is 1.58. The van der Waals surface area contributed by atoms with Crippen molar-refractivity contribution in [3.8, 4) is 6.07 Å². The standard InChI is InChI=1S/C14H15ClN4O4/c1-2-10(8-20)17-7-9(6-16)14(21)18-11-3-4-12(15)13(5-11)19(22)23/h3-5,7,10,17,20H,2,8H2,1H3,(H,18,21)/b9-7-. The zero-order valence-corrected chi connectivity index (χ0v) is 13.0. The lowest BCUT2D eigenvalue weighted by Gasteiger charge is -2.12. The number of amides is 1. The molecule has 23 heavy (non-hydrogen) atoms. The minimum Gasteiger partial charge on any atom is -0.394 e. The first-order chi connectivity index (χ1) is 10.9. The number of hydrogen-bond acceptors (Lipinski definition) is 6. The van der Waals surface area contributed by atoms with Gasteiger partial charge in [-0.15, -0.1) is 0 Å². The molecule has 122 valence electrons. The predicted octanol–water partition coefficient (Wildman–Crippen LogP) is 1.95. The van der Waals surface area contributed by atoms with Crippen molar-refractivity contribution in [2.75, 3.05) is 11.9 Å². The van der Waals surface area contributed by atoms with Gasteiger partial charge in [-0.1, -0.05) is 18.5 Å².